The summed E-state index contributed by atoms with van der Waals surface area (Å²) in [7, 11) is 1.50. The number of carbonyl (C=O) groups excluding carboxylic acids is 1. The first-order chi connectivity index (χ1) is 14.8. The Morgan fingerprint density at radius 2 is 1.81 bits per heavy atom. The Kier molecular flexibility index (Phi) is 7.45. The van der Waals surface area contributed by atoms with Gasteiger partial charge in [-0.2, -0.15) is 13.2 Å². The molecule has 0 atom stereocenters. The normalized spacial score (nSPS) is 11.3. The van der Waals surface area contributed by atoms with Crippen LogP contribution in [0.25, 0.3) is 11.3 Å². The van der Waals surface area contributed by atoms with Gasteiger partial charge in [-0.1, -0.05) is 23.9 Å². The molecule has 0 aliphatic rings. The molecular formula is C21H18F3N3O2S2. The van der Waals surface area contributed by atoms with Crippen LogP contribution >= 0.6 is 23.5 Å². The van der Waals surface area contributed by atoms with E-state index in [4.69, 9.17) is 4.74 Å². The second-order valence-electron chi connectivity index (χ2n) is 6.18. The van der Waals surface area contributed by atoms with Crippen molar-refractivity contribution in [2.45, 2.75) is 16.2 Å². The lowest BCUT2D eigenvalue weighted by molar-refractivity contribution is -0.141. The van der Waals surface area contributed by atoms with Crippen LogP contribution in [-0.2, 0) is 11.0 Å². The number of benzene rings is 2. The Morgan fingerprint density at radius 1 is 1.10 bits per heavy atom. The number of carbonyl (C=O) groups is 1. The van der Waals surface area contributed by atoms with Gasteiger partial charge < -0.3 is 10.1 Å². The molecule has 1 amide bonds. The van der Waals surface area contributed by atoms with E-state index >= 15 is 0 Å². The van der Waals surface area contributed by atoms with Crippen LogP contribution in [0.15, 0.2) is 64.6 Å². The first kappa shape index (κ1) is 23.0. The van der Waals surface area contributed by atoms with Gasteiger partial charge in [0.05, 0.1) is 24.2 Å². The Hall–Kier alpha value is -2.72. The second-order valence-corrected chi connectivity index (χ2v) is 7.97. The van der Waals surface area contributed by atoms with Crippen LogP contribution in [0.4, 0.5) is 18.9 Å². The minimum Gasteiger partial charge on any atom is -0.497 e. The molecule has 162 valence electrons. The van der Waals surface area contributed by atoms with E-state index < -0.39 is 11.9 Å². The van der Waals surface area contributed by atoms with Crippen LogP contribution in [-0.4, -0.2) is 35.0 Å². The van der Waals surface area contributed by atoms with Crippen LogP contribution in [0.3, 0.4) is 0 Å². The zero-order chi connectivity index (χ0) is 22.4. The van der Waals surface area contributed by atoms with Crippen molar-refractivity contribution in [3.8, 4) is 17.0 Å². The number of hydrogen-bond acceptors (Lipinski definition) is 6. The topological polar surface area (TPSA) is 64.1 Å². The van der Waals surface area contributed by atoms with E-state index in [0.29, 0.717) is 17.0 Å². The fourth-order valence-electron chi connectivity index (χ4n) is 2.61. The van der Waals surface area contributed by atoms with E-state index in [-0.39, 0.29) is 22.5 Å². The summed E-state index contributed by atoms with van der Waals surface area (Å²) in [5.74, 6) is 0.0793. The van der Waals surface area contributed by atoms with E-state index in [1.165, 1.54) is 18.9 Å². The summed E-state index contributed by atoms with van der Waals surface area (Å²) in [5, 5.41) is 2.63. The summed E-state index contributed by atoms with van der Waals surface area (Å²) >= 11 is 2.32. The molecule has 0 unspecified atom stereocenters. The number of methoxy groups -OCH3 is 1. The number of ether oxygens (including phenoxy) is 1. The third kappa shape index (κ3) is 6.14. The Labute approximate surface area is 185 Å². The lowest BCUT2D eigenvalue weighted by Gasteiger charge is -2.11. The minimum atomic E-state index is -4.64. The van der Waals surface area contributed by atoms with Gasteiger partial charge >= 0.3 is 6.18 Å². The van der Waals surface area contributed by atoms with Crippen molar-refractivity contribution in [3.63, 3.8) is 0 Å². The highest BCUT2D eigenvalue weighted by Crippen LogP contribution is 2.32. The molecule has 0 saturated carbocycles. The number of alkyl halides is 3. The third-order valence-electron chi connectivity index (χ3n) is 4.10. The zero-order valence-corrected chi connectivity index (χ0v) is 18.2. The molecule has 3 aromatic rings. The highest BCUT2D eigenvalue weighted by molar-refractivity contribution is 7.99. The first-order valence-electron chi connectivity index (χ1n) is 8.96. The number of thioether (sulfide) groups is 2. The highest BCUT2D eigenvalue weighted by atomic mass is 32.2. The van der Waals surface area contributed by atoms with Crippen molar-refractivity contribution >= 4 is 35.1 Å². The quantitative estimate of drug-likeness (QED) is 0.361. The number of nitrogens with zero attached hydrogens (tertiary/aromatic N) is 2. The minimum absolute atomic E-state index is 0.112. The van der Waals surface area contributed by atoms with E-state index in [1.54, 1.807) is 36.4 Å². The van der Waals surface area contributed by atoms with Gasteiger partial charge in [0.2, 0.25) is 5.91 Å². The Morgan fingerprint density at radius 3 is 2.45 bits per heavy atom. The van der Waals surface area contributed by atoms with Crippen LogP contribution in [0.2, 0.25) is 0 Å². The fraction of sp³-hybridized carbons (Fsp3) is 0.190. The molecule has 0 fully saturated rings. The summed E-state index contributed by atoms with van der Waals surface area (Å²) in [6, 6.07) is 14.7. The Bertz CT molecular complexity index is 1060. The predicted octanol–water partition coefficient (Wildman–Crippen LogP) is 5.62. The van der Waals surface area contributed by atoms with Crippen molar-refractivity contribution in [2.75, 3.05) is 24.4 Å². The van der Waals surface area contributed by atoms with Crippen molar-refractivity contribution in [3.05, 3.63) is 60.3 Å². The molecular weight excluding hydrogens is 447 g/mol. The maximum Gasteiger partial charge on any atom is 0.433 e. The molecule has 0 aliphatic heterocycles. The van der Waals surface area contributed by atoms with Gasteiger partial charge in [0, 0.05) is 10.5 Å². The molecule has 0 saturated heterocycles. The van der Waals surface area contributed by atoms with Crippen LogP contribution < -0.4 is 10.1 Å². The molecule has 1 N–H and O–H groups in total. The molecule has 0 radical (unpaired) electrons. The molecule has 10 heteroatoms. The van der Waals surface area contributed by atoms with Crippen LogP contribution in [0.5, 0.6) is 5.75 Å². The Balaban J connectivity index is 1.80. The standard InChI is InChI=1S/C21H18F3N3O2S2/c1-29-14-9-7-13(8-10-14)16-11-18(21(22,23)24)27-20(26-16)31-12-19(28)25-15-5-3-4-6-17(15)30-2/h3-11H,12H2,1-2H3,(H,25,28). The molecule has 3 rings (SSSR count). The molecule has 2 aromatic carbocycles. The number of hydrogen-bond donors (Lipinski definition) is 1. The summed E-state index contributed by atoms with van der Waals surface area (Å²) in [5.41, 5.74) is 0.169. The van der Waals surface area contributed by atoms with Gasteiger partial charge in [-0.05, 0) is 48.7 Å². The van der Waals surface area contributed by atoms with E-state index in [1.807, 2.05) is 18.4 Å². The van der Waals surface area contributed by atoms with Crippen molar-refractivity contribution in [2.24, 2.45) is 0 Å². The SMILES string of the molecule is COc1ccc(-c2cc(C(F)(F)F)nc(SCC(=O)Nc3ccccc3SC)n2)cc1. The monoisotopic (exact) mass is 465 g/mol. The number of aromatic nitrogens is 2. The number of amides is 1. The molecule has 31 heavy (non-hydrogen) atoms. The average Bonchev–Trinajstić information content (AvgIpc) is 2.77. The van der Waals surface area contributed by atoms with E-state index in [0.717, 1.165) is 22.7 Å². The van der Waals surface area contributed by atoms with Crippen LogP contribution in [0.1, 0.15) is 5.69 Å². The molecule has 0 bridgehead atoms. The summed E-state index contributed by atoms with van der Waals surface area (Å²) < 4.78 is 45.1. The summed E-state index contributed by atoms with van der Waals surface area (Å²) in [6.07, 6.45) is -2.75. The third-order valence-corrected chi connectivity index (χ3v) is 5.74. The zero-order valence-electron chi connectivity index (χ0n) is 16.6. The highest BCUT2D eigenvalue weighted by Gasteiger charge is 2.34. The molecule has 0 aliphatic carbocycles. The average molecular weight is 466 g/mol. The summed E-state index contributed by atoms with van der Waals surface area (Å²) in [6.45, 7) is 0. The first-order valence-corrected chi connectivity index (χ1v) is 11.2. The van der Waals surface area contributed by atoms with Gasteiger partial charge in [0.1, 0.15) is 11.4 Å². The number of nitrogens with one attached hydrogen (secondary N) is 1. The molecule has 0 spiro atoms. The number of rotatable bonds is 7. The predicted molar refractivity (Wildman–Crippen MR) is 117 cm³/mol. The van der Waals surface area contributed by atoms with Gasteiger partial charge in [-0.25, -0.2) is 9.97 Å². The van der Waals surface area contributed by atoms with Crippen molar-refractivity contribution in [1.29, 1.82) is 0 Å². The largest absolute Gasteiger partial charge is 0.497 e. The van der Waals surface area contributed by atoms with E-state index in [2.05, 4.69) is 15.3 Å². The lowest BCUT2D eigenvalue weighted by atomic mass is 10.1. The smallest absolute Gasteiger partial charge is 0.433 e. The summed E-state index contributed by atoms with van der Waals surface area (Å²) in [4.78, 5) is 21.0. The molecule has 1 heterocycles. The van der Waals surface area contributed by atoms with Gasteiger partial charge in [-0.3, -0.25) is 4.79 Å². The number of halogens is 3. The van der Waals surface area contributed by atoms with E-state index in [9.17, 15) is 18.0 Å². The number of para-hydroxylation sites is 1. The molecule has 5 nitrogen and oxygen atoms in total. The maximum absolute atomic E-state index is 13.4. The van der Waals surface area contributed by atoms with Crippen molar-refractivity contribution in [1.82, 2.24) is 9.97 Å². The van der Waals surface area contributed by atoms with Gasteiger partial charge in [0.15, 0.2) is 5.16 Å². The van der Waals surface area contributed by atoms with Crippen LogP contribution in [0, 0.1) is 0 Å². The lowest BCUT2D eigenvalue weighted by Crippen LogP contribution is -2.15. The second kappa shape index (κ2) is 10.1. The number of anilines is 1. The van der Waals surface area contributed by atoms with Gasteiger partial charge in [-0.15, -0.1) is 11.8 Å². The van der Waals surface area contributed by atoms with Gasteiger partial charge in [0.25, 0.3) is 0 Å². The molecule has 1 aromatic heterocycles. The fourth-order valence-corrected chi connectivity index (χ4v) is 3.82. The maximum atomic E-state index is 13.4. The van der Waals surface area contributed by atoms with Crippen molar-refractivity contribution < 1.29 is 22.7 Å².